The maximum Gasteiger partial charge on any atom is 0.213 e. The molecule has 0 spiro atoms. The maximum absolute atomic E-state index is 5.12. The van der Waals surface area contributed by atoms with E-state index in [-0.39, 0.29) is 0 Å². The van der Waals surface area contributed by atoms with Crippen molar-refractivity contribution < 1.29 is 4.57 Å². The fourth-order valence-corrected chi connectivity index (χ4v) is 5.91. The van der Waals surface area contributed by atoms with Crippen molar-refractivity contribution in [2.75, 3.05) is 0 Å². The summed E-state index contributed by atoms with van der Waals surface area (Å²) < 4.78 is 4.48. The molecule has 5 rings (SSSR count). The van der Waals surface area contributed by atoms with Gasteiger partial charge in [-0.25, -0.2) is 9.55 Å². The number of hydrogen-bond donors (Lipinski definition) is 0. The Bertz CT molecular complexity index is 1640. The second kappa shape index (κ2) is 9.87. The number of fused-ring (bicyclic) bond motifs is 1. The predicted molar refractivity (Wildman–Crippen MR) is 161 cm³/mol. The van der Waals surface area contributed by atoms with E-state index in [2.05, 4.69) is 139 Å². The molecule has 0 aliphatic rings. The Kier molecular flexibility index (Phi) is 6.73. The van der Waals surface area contributed by atoms with E-state index in [4.69, 9.17) is 4.98 Å². The van der Waals surface area contributed by atoms with E-state index >= 15 is 0 Å². The molecule has 0 amide bonds. The normalized spacial score (nSPS) is 11.8. The molecule has 5 aromatic rings. The Morgan fingerprint density at radius 2 is 1.42 bits per heavy atom. The number of aryl methyl sites for hydroxylation is 4. The third kappa shape index (κ3) is 4.34. The molecular formula is C35H40N3+. The molecule has 0 atom stereocenters. The van der Waals surface area contributed by atoms with Gasteiger partial charge >= 0.3 is 0 Å². The number of aromatic nitrogens is 3. The van der Waals surface area contributed by atoms with Gasteiger partial charge in [0.05, 0.1) is 11.0 Å². The molecule has 0 saturated carbocycles. The molecule has 3 nitrogen and oxygen atoms in total. The lowest BCUT2D eigenvalue weighted by molar-refractivity contribution is -0.660. The van der Waals surface area contributed by atoms with E-state index in [0.717, 1.165) is 11.3 Å². The minimum Gasteiger partial charge on any atom is -0.327 e. The highest BCUT2D eigenvalue weighted by Crippen LogP contribution is 2.38. The van der Waals surface area contributed by atoms with Crippen molar-refractivity contribution in [3.8, 4) is 33.8 Å². The zero-order valence-corrected chi connectivity index (χ0v) is 24.3. The fourth-order valence-electron chi connectivity index (χ4n) is 5.91. The van der Waals surface area contributed by atoms with Gasteiger partial charge in [-0.15, -0.1) is 0 Å². The quantitative estimate of drug-likeness (QED) is 0.221. The summed E-state index contributed by atoms with van der Waals surface area (Å²) in [7, 11) is 4.27. The second-order valence-electron chi connectivity index (χ2n) is 11.5. The summed E-state index contributed by atoms with van der Waals surface area (Å²) in [5.41, 5.74) is 15.1. The lowest BCUT2D eigenvalue weighted by atomic mass is 9.85. The van der Waals surface area contributed by atoms with Crippen molar-refractivity contribution in [1.29, 1.82) is 0 Å². The van der Waals surface area contributed by atoms with Crippen LogP contribution in [0.5, 0.6) is 0 Å². The van der Waals surface area contributed by atoms with Crippen LogP contribution in [0.2, 0.25) is 0 Å². The minimum absolute atomic E-state index is 0.454. The van der Waals surface area contributed by atoms with Gasteiger partial charge in [-0.3, -0.25) is 0 Å². The molecule has 0 fully saturated rings. The summed E-state index contributed by atoms with van der Waals surface area (Å²) in [6.45, 7) is 15.7. The highest BCUT2D eigenvalue weighted by molar-refractivity contribution is 5.86. The lowest BCUT2D eigenvalue weighted by Gasteiger charge is -2.20. The minimum atomic E-state index is 0.454. The Labute approximate surface area is 227 Å². The molecule has 2 heterocycles. The van der Waals surface area contributed by atoms with Crippen molar-refractivity contribution in [3.63, 3.8) is 0 Å². The summed E-state index contributed by atoms with van der Waals surface area (Å²) in [5, 5.41) is 0. The number of pyridine rings is 1. The molecule has 0 radical (unpaired) electrons. The summed E-state index contributed by atoms with van der Waals surface area (Å²) in [6, 6.07) is 22.5. The molecule has 0 unspecified atom stereocenters. The van der Waals surface area contributed by atoms with Crippen molar-refractivity contribution in [2.45, 2.75) is 60.3 Å². The van der Waals surface area contributed by atoms with Crippen LogP contribution in [-0.2, 0) is 14.1 Å². The predicted octanol–water partition coefficient (Wildman–Crippen LogP) is 8.57. The average molecular weight is 503 g/mol. The molecular weight excluding hydrogens is 462 g/mol. The molecule has 0 aliphatic carbocycles. The average Bonchev–Trinajstić information content (AvgIpc) is 3.20. The largest absolute Gasteiger partial charge is 0.327 e. The number of benzene rings is 3. The van der Waals surface area contributed by atoms with Crippen molar-refractivity contribution >= 4 is 11.0 Å². The zero-order chi connectivity index (χ0) is 27.3. The molecule has 3 heteroatoms. The summed E-state index contributed by atoms with van der Waals surface area (Å²) >= 11 is 0. The van der Waals surface area contributed by atoms with Gasteiger partial charge in [-0.05, 0) is 83.7 Å². The van der Waals surface area contributed by atoms with Crippen LogP contribution < -0.4 is 4.57 Å². The monoisotopic (exact) mass is 502 g/mol. The first kappa shape index (κ1) is 25.9. The van der Waals surface area contributed by atoms with E-state index in [9.17, 15) is 0 Å². The molecule has 0 saturated heterocycles. The van der Waals surface area contributed by atoms with Crippen LogP contribution in [0.25, 0.3) is 44.8 Å². The Hall–Kier alpha value is -3.72. The molecule has 0 bridgehead atoms. The van der Waals surface area contributed by atoms with Gasteiger partial charge in [0.25, 0.3) is 0 Å². The SMILES string of the molecule is Cc1cc(C)c2nc(-c3cccc(-c4cc(-c5c(C(C)C)cccc5C(C)C)cc[n+]4C)c3C)n(C)c2c1. The molecule has 0 aliphatic heterocycles. The number of hydrogen-bond acceptors (Lipinski definition) is 1. The van der Waals surface area contributed by atoms with E-state index in [0.29, 0.717) is 11.8 Å². The van der Waals surface area contributed by atoms with Crippen molar-refractivity contribution in [2.24, 2.45) is 14.1 Å². The van der Waals surface area contributed by atoms with Gasteiger partial charge in [0.1, 0.15) is 12.9 Å². The second-order valence-corrected chi connectivity index (χ2v) is 11.5. The van der Waals surface area contributed by atoms with E-state index in [1.54, 1.807) is 0 Å². The van der Waals surface area contributed by atoms with Gasteiger partial charge in [0.2, 0.25) is 5.69 Å². The summed E-state index contributed by atoms with van der Waals surface area (Å²) in [6.07, 6.45) is 2.21. The van der Waals surface area contributed by atoms with Gasteiger partial charge < -0.3 is 4.57 Å². The highest BCUT2D eigenvalue weighted by atomic mass is 15.1. The molecule has 194 valence electrons. The van der Waals surface area contributed by atoms with Crippen molar-refractivity contribution in [3.05, 3.63) is 94.7 Å². The number of imidazole rings is 1. The third-order valence-electron chi connectivity index (χ3n) is 7.98. The Morgan fingerprint density at radius 1 is 0.789 bits per heavy atom. The van der Waals surface area contributed by atoms with Gasteiger partial charge in [-0.1, -0.05) is 64.1 Å². The number of nitrogens with zero attached hydrogens (tertiary/aromatic N) is 3. The molecule has 2 aromatic heterocycles. The van der Waals surface area contributed by atoms with Crippen LogP contribution in [0, 0.1) is 20.8 Å². The Balaban J connectivity index is 1.71. The van der Waals surface area contributed by atoms with Crippen LogP contribution in [0.4, 0.5) is 0 Å². The summed E-state index contributed by atoms with van der Waals surface area (Å²) in [5.74, 6) is 1.92. The standard InChI is InChI=1S/C35H40N3/c1-21(2)27-12-10-13-28(22(3)4)33(27)26-16-17-37(8)31(20-26)29-14-11-15-30(25(29)7)35-36-34-24(6)18-23(5)19-32(34)38(35)9/h10-22H,1-9H3/q+1. The van der Waals surface area contributed by atoms with E-state index in [1.165, 1.54) is 61.3 Å². The third-order valence-corrected chi connectivity index (χ3v) is 7.98. The van der Waals surface area contributed by atoms with Crippen molar-refractivity contribution in [1.82, 2.24) is 9.55 Å². The number of rotatable bonds is 5. The van der Waals surface area contributed by atoms with Gasteiger partial charge in [0.15, 0.2) is 6.20 Å². The van der Waals surface area contributed by atoms with E-state index < -0.39 is 0 Å². The van der Waals surface area contributed by atoms with Crippen LogP contribution >= 0.6 is 0 Å². The Morgan fingerprint density at radius 3 is 2.08 bits per heavy atom. The van der Waals surface area contributed by atoms with Gasteiger partial charge in [0, 0.05) is 30.3 Å². The first-order valence-electron chi connectivity index (χ1n) is 13.7. The van der Waals surface area contributed by atoms with Crippen LogP contribution in [0.3, 0.4) is 0 Å². The molecule has 38 heavy (non-hydrogen) atoms. The zero-order valence-electron chi connectivity index (χ0n) is 24.3. The fraction of sp³-hybridized carbons (Fsp3) is 0.314. The van der Waals surface area contributed by atoms with E-state index in [1.807, 2.05) is 0 Å². The van der Waals surface area contributed by atoms with Crippen LogP contribution in [0.15, 0.2) is 66.9 Å². The topological polar surface area (TPSA) is 21.7 Å². The summed E-state index contributed by atoms with van der Waals surface area (Å²) in [4.78, 5) is 5.12. The van der Waals surface area contributed by atoms with Crippen LogP contribution in [-0.4, -0.2) is 9.55 Å². The first-order chi connectivity index (χ1) is 18.1. The van der Waals surface area contributed by atoms with Crippen LogP contribution in [0.1, 0.15) is 67.3 Å². The first-order valence-corrected chi connectivity index (χ1v) is 13.7. The van der Waals surface area contributed by atoms with Gasteiger partial charge in [-0.2, -0.15) is 0 Å². The maximum atomic E-state index is 5.12. The highest BCUT2D eigenvalue weighted by Gasteiger charge is 2.22. The molecule has 3 aromatic carbocycles. The smallest absolute Gasteiger partial charge is 0.213 e. The lowest BCUT2D eigenvalue weighted by Crippen LogP contribution is -2.30. The molecule has 0 N–H and O–H groups in total.